The molecule has 14 nitrogen and oxygen atoms in total. The van der Waals surface area contributed by atoms with Crippen molar-refractivity contribution in [1.82, 2.24) is 5.32 Å². The number of carbonyl (C=O) groups excluding carboxylic acids is 1. The maximum absolute atomic E-state index is 13.2. The molecule has 1 amide bonds. The van der Waals surface area contributed by atoms with Gasteiger partial charge in [0.05, 0.1) is 32.0 Å². The molecule has 0 spiro atoms. The van der Waals surface area contributed by atoms with Crippen LogP contribution in [0.4, 0.5) is 0 Å². The Morgan fingerprint density at radius 3 is 1.30 bits per heavy atom. The Morgan fingerprint density at radius 1 is 0.493 bits per heavy atom. The molecular weight excluding hydrogens is 907 g/mol. The lowest BCUT2D eigenvalue weighted by atomic mass is 9.97. The average molecular weight is 1020 g/mol. The topological polar surface area (TPSA) is 228 Å². The number of aliphatic hydroxyl groups is 8. The Kier molecular flexibility index (Phi) is 40.7. The summed E-state index contributed by atoms with van der Waals surface area (Å²) in [4.78, 5) is 13.2. The fraction of sp³-hybridized carbons (Fsp3) is 0.947. The van der Waals surface area contributed by atoms with Crippen LogP contribution in [0.15, 0.2) is 12.2 Å². The second-order valence-electron chi connectivity index (χ2n) is 21.1. The molecule has 2 aliphatic rings. The predicted octanol–water partition coefficient (Wildman–Crippen LogP) is 9.50. The largest absolute Gasteiger partial charge is 0.394 e. The summed E-state index contributed by atoms with van der Waals surface area (Å²) in [5.41, 5.74) is 0. The molecule has 0 aliphatic carbocycles. The van der Waals surface area contributed by atoms with E-state index in [0.29, 0.717) is 6.42 Å². The number of allylic oxidation sites excluding steroid dienone is 1. The molecule has 12 atom stereocenters. The minimum Gasteiger partial charge on any atom is -0.394 e. The minimum atomic E-state index is -1.78. The van der Waals surface area contributed by atoms with Gasteiger partial charge in [-0.05, 0) is 19.3 Å². The highest BCUT2D eigenvalue weighted by Crippen LogP contribution is 2.30. The van der Waals surface area contributed by atoms with Gasteiger partial charge in [0.25, 0.3) is 0 Å². The molecule has 14 heteroatoms. The molecule has 2 saturated heterocycles. The van der Waals surface area contributed by atoms with Crippen LogP contribution in [0, 0.1) is 0 Å². The van der Waals surface area contributed by atoms with E-state index in [9.17, 15) is 45.6 Å². The van der Waals surface area contributed by atoms with Gasteiger partial charge in [0.1, 0.15) is 48.8 Å². The first kappa shape index (κ1) is 65.8. The van der Waals surface area contributed by atoms with E-state index in [1.54, 1.807) is 6.08 Å². The number of aliphatic hydroxyl groups excluding tert-OH is 8. The van der Waals surface area contributed by atoms with Crippen molar-refractivity contribution in [1.29, 1.82) is 0 Å². The van der Waals surface area contributed by atoms with Gasteiger partial charge in [0.2, 0.25) is 5.91 Å². The van der Waals surface area contributed by atoms with Crippen LogP contribution in [0.3, 0.4) is 0 Å². The Labute approximate surface area is 431 Å². The smallest absolute Gasteiger partial charge is 0.220 e. The van der Waals surface area contributed by atoms with Crippen LogP contribution in [0.25, 0.3) is 0 Å². The van der Waals surface area contributed by atoms with Crippen molar-refractivity contribution in [2.24, 2.45) is 0 Å². The second-order valence-corrected chi connectivity index (χ2v) is 21.1. The van der Waals surface area contributed by atoms with E-state index in [1.165, 1.54) is 186 Å². The SMILES string of the molecule is CCCCCCCCCCCCCCCCCCCCCCCCC/C=C/C(O)C(COC1OC(CO)C(OC2OC(CO)C(O)C(O)C2O)C(O)C1O)NC(=O)CCCCCCCCCCCCCC. The first-order chi connectivity index (χ1) is 34.6. The lowest BCUT2D eigenvalue weighted by molar-refractivity contribution is -0.359. The Morgan fingerprint density at radius 2 is 0.873 bits per heavy atom. The molecule has 0 saturated carbocycles. The molecule has 2 fully saturated rings. The predicted molar refractivity (Wildman–Crippen MR) is 282 cm³/mol. The van der Waals surface area contributed by atoms with Crippen molar-refractivity contribution in [3.05, 3.63) is 12.2 Å². The lowest BCUT2D eigenvalue weighted by Crippen LogP contribution is -2.65. The number of rotatable bonds is 47. The molecule has 71 heavy (non-hydrogen) atoms. The summed E-state index contributed by atoms with van der Waals surface area (Å²) in [6.45, 7) is 2.81. The number of carbonyl (C=O) groups is 1. The molecule has 2 heterocycles. The molecular formula is C57H109NO13. The highest BCUT2D eigenvalue weighted by atomic mass is 16.7. The summed E-state index contributed by atoms with van der Waals surface area (Å²) in [7, 11) is 0. The summed E-state index contributed by atoms with van der Waals surface area (Å²) in [6, 6.07) is -0.908. The highest BCUT2D eigenvalue weighted by molar-refractivity contribution is 5.76. The molecule has 0 aromatic rings. The molecule has 0 aromatic heterocycles. The van der Waals surface area contributed by atoms with Crippen LogP contribution in [0.1, 0.15) is 251 Å². The average Bonchev–Trinajstić information content (AvgIpc) is 3.37. The molecule has 0 aromatic carbocycles. The molecule has 0 bridgehead atoms. The Bertz CT molecular complexity index is 1240. The van der Waals surface area contributed by atoms with Crippen LogP contribution >= 0.6 is 0 Å². The number of unbranched alkanes of at least 4 members (excludes halogenated alkanes) is 34. The number of hydrogen-bond donors (Lipinski definition) is 9. The fourth-order valence-corrected chi connectivity index (χ4v) is 9.94. The van der Waals surface area contributed by atoms with Gasteiger partial charge in [-0.25, -0.2) is 0 Å². The van der Waals surface area contributed by atoms with Crippen molar-refractivity contribution in [3.8, 4) is 0 Å². The maximum Gasteiger partial charge on any atom is 0.220 e. The second kappa shape index (κ2) is 43.9. The summed E-state index contributed by atoms with van der Waals surface area (Å²) in [6.07, 6.45) is 32.6. The number of ether oxygens (including phenoxy) is 4. The van der Waals surface area contributed by atoms with E-state index in [1.807, 2.05) is 6.08 Å². The van der Waals surface area contributed by atoms with Gasteiger partial charge < -0.3 is 65.1 Å². The van der Waals surface area contributed by atoms with Gasteiger partial charge >= 0.3 is 0 Å². The zero-order valence-electron chi connectivity index (χ0n) is 45.0. The van der Waals surface area contributed by atoms with Crippen molar-refractivity contribution in [2.45, 2.75) is 325 Å². The quantitative estimate of drug-likeness (QED) is 0.0205. The lowest BCUT2D eigenvalue weighted by Gasteiger charge is -2.46. The van der Waals surface area contributed by atoms with Gasteiger partial charge in [-0.1, -0.05) is 238 Å². The van der Waals surface area contributed by atoms with Gasteiger partial charge in [0.15, 0.2) is 12.6 Å². The van der Waals surface area contributed by atoms with Gasteiger partial charge in [-0.2, -0.15) is 0 Å². The molecule has 420 valence electrons. The van der Waals surface area contributed by atoms with Gasteiger partial charge in [-0.3, -0.25) is 4.79 Å². The van der Waals surface area contributed by atoms with E-state index in [-0.39, 0.29) is 18.9 Å². The van der Waals surface area contributed by atoms with Crippen molar-refractivity contribution >= 4 is 5.91 Å². The van der Waals surface area contributed by atoms with Crippen LogP contribution in [-0.4, -0.2) is 140 Å². The van der Waals surface area contributed by atoms with Crippen LogP contribution < -0.4 is 5.32 Å². The zero-order valence-corrected chi connectivity index (χ0v) is 45.0. The molecule has 9 N–H and O–H groups in total. The van der Waals surface area contributed by atoms with Gasteiger partial charge in [-0.15, -0.1) is 0 Å². The summed E-state index contributed by atoms with van der Waals surface area (Å²) in [5, 5.41) is 87.0. The van der Waals surface area contributed by atoms with E-state index < -0.39 is 86.8 Å². The normalized spacial score (nSPS) is 25.8. The molecule has 12 unspecified atom stereocenters. The van der Waals surface area contributed by atoms with Crippen molar-refractivity contribution < 1.29 is 64.6 Å². The Hall–Kier alpha value is -1.27. The third-order valence-corrected chi connectivity index (χ3v) is 14.7. The first-order valence-corrected chi connectivity index (χ1v) is 29.4. The molecule has 2 aliphatic heterocycles. The summed E-state index contributed by atoms with van der Waals surface area (Å²) in [5.74, 6) is -0.237. The van der Waals surface area contributed by atoms with E-state index >= 15 is 0 Å². The third kappa shape index (κ3) is 30.2. The van der Waals surface area contributed by atoms with Gasteiger partial charge in [0, 0.05) is 6.42 Å². The molecule has 0 radical (unpaired) electrons. The third-order valence-electron chi connectivity index (χ3n) is 14.7. The first-order valence-electron chi connectivity index (χ1n) is 29.4. The van der Waals surface area contributed by atoms with E-state index in [4.69, 9.17) is 18.9 Å². The van der Waals surface area contributed by atoms with Crippen LogP contribution in [0.2, 0.25) is 0 Å². The van der Waals surface area contributed by atoms with E-state index in [2.05, 4.69) is 19.2 Å². The highest BCUT2D eigenvalue weighted by Gasteiger charge is 2.51. The fourth-order valence-electron chi connectivity index (χ4n) is 9.94. The molecule has 2 rings (SSSR count). The standard InChI is InChI=1S/C57H109NO13/c1-3-5-7-9-11-13-15-17-18-19-20-21-22-23-24-25-26-27-28-29-30-32-34-36-38-40-46(61)45(58-49(62)41-39-37-35-33-31-16-14-12-10-8-6-4-2)44-68-56-54(67)52(65)55(48(43-60)70-56)71-57-53(66)51(64)50(63)47(42-59)69-57/h38,40,45-48,50-57,59-61,63-67H,3-37,39,41-44H2,1-2H3,(H,58,62)/b40-38+. The monoisotopic (exact) mass is 1020 g/mol. The Balaban J connectivity index is 1.73. The van der Waals surface area contributed by atoms with Crippen LogP contribution in [0.5, 0.6) is 0 Å². The zero-order chi connectivity index (χ0) is 51.7. The maximum atomic E-state index is 13.2. The summed E-state index contributed by atoms with van der Waals surface area (Å²) >= 11 is 0. The number of nitrogens with one attached hydrogen (secondary N) is 1. The summed E-state index contributed by atoms with van der Waals surface area (Å²) < 4.78 is 22.7. The van der Waals surface area contributed by atoms with Crippen molar-refractivity contribution in [3.63, 3.8) is 0 Å². The van der Waals surface area contributed by atoms with Crippen LogP contribution in [-0.2, 0) is 23.7 Å². The number of hydrogen-bond acceptors (Lipinski definition) is 13. The van der Waals surface area contributed by atoms with E-state index in [0.717, 1.165) is 38.5 Å². The minimum absolute atomic E-state index is 0.237. The van der Waals surface area contributed by atoms with Crippen molar-refractivity contribution in [2.75, 3.05) is 19.8 Å². The number of amides is 1.